The maximum Gasteiger partial charge on any atom is 0.162 e. The van der Waals surface area contributed by atoms with E-state index >= 15 is 0 Å². The Labute approximate surface area is 165 Å². The number of aromatic hydroxyl groups is 1. The van der Waals surface area contributed by atoms with Crippen LogP contribution in [-0.2, 0) is 19.4 Å². The first-order valence-electron chi connectivity index (χ1n) is 9.71. The van der Waals surface area contributed by atoms with E-state index in [1.807, 2.05) is 30.3 Å². The number of phenolic OH excluding ortho intramolecular Hbond substituents is 1. The molecule has 0 bridgehead atoms. The molecule has 28 heavy (non-hydrogen) atoms. The highest BCUT2D eigenvalue weighted by Crippen LogP contribution is 2.35. The lowest BCUT2D eigenvalue weighted by atomic mass is 9.90. The van der Waals surface area contributed by atoms with Crippen molar-refractivity contribution in [1.82, 2.24) is 0 Å². The van der Waals surface area contributed by atoms with Gasteiger partial charge in [-0.25, -0.2) is 0 Å². The van der Waals surface area contributed by atoms with E-state index in [-0.39, 0.29) is 0 Å². The van der Waals surface area contributed by atoms with Crippen molar-refractivity contribution in [3.05, 3.63) is 89.0 Å². The van der Waals surface area contributed by atoms with Gasteiger partial charge in [-0.05, 0) is 41.0 Å². The van der Waals surface area contributed by atoms with Crippen LogP contribution >= 0.6 is 0 Å². The fourth-order valence-electron chi connectivity index (χ4n) is 3.83. The molecule has 0 unspecified atom stereocenters. The molecular weight excluding hydrogens is 350 g/mol. The Hall–Kier alpha value is -2.98. The number of methoxy groups -OCH3 is 1. The molecule has 1 aliphatic heterocycles. The molecule has 0 amide bonds. The van der Waals surface area contributed by atoms with Crippen LogP contribution in [0, 0.1) is 0 Å². The third kappa shape index (κ3) is 4.12. The minimum Gasteiger partial charge on any atom is -0.508 e. The minimum absolute atomic E-state index is 0.304. The number of fused-ring (bicyclic) bond motifs is 1. The summed E-state index contributed by atoms with van der Waals surface area (Å²) in [5.41, 5.74) is 4.99. The predicted molar refractivity (Wildman–Crippen MR) is 109 cm³/mol. The number of benzene rings is 3. The monoisotopic (exact) mass is 376 g/mol. The van der Waals surface area contributed by atoms with Gasteiger partial charge >= 0.3 is 0 Å². The second-order valence-corrected chi connectivity index (χ2v) is 7.23. The van der Waals surface area contributed by atoms with E-state index in [0.717, 1.165) is 36.4 Å². The van der Waals surface area contributed by atoms with Crippen LogP contribution in [0.2, 0.25) is 0 Å². The second kappa shape index (κ2) is 8.36. The third-order valence-corrected chi connectivity index (χ3v) is 5.32. The number of rotatable bonds is 6. The van der Waals surface area contributed by atoms with Crippen LogP contribution in [0.4, 0.5) is 0 Å². The van der Waals surface area contributed by atoms with Gasteiger partial charge in [0, 0.05) is 18.4 Å². The standard InChI is InChI=1S/C24H25NO3/c1-27-23-14-19-11-12-25-22(13-17-7-9-20(26)10-8-17)21(19)15-24(23)28-16-18-5-3-2-4-6-18/h2-10,14-15,22,25-26H,11-13,16H2,1H3/p+1/t22-/m1/s1. The number of nitrogens with two attached hydrogens (primary N) is 1. The lowest BCUT2D eigenvalue weighted by molar-refractivity contribution is -0.698. The lowest BCUT2D eigenvalue weighted by Crippen LogP contribution is -2.87. The first kappa shape index (κ1) is 18.4. The molecule has 3 N–H and O–H groups in total. The van der Waals surface area contributed by atoms with Gasteiger partial charge in [-0.3, -0.25) is 0 Å². The van der Waals surface area contributed by atoms with Gasteiger partial charge in [0.05, 0.1) is 13.7 Å². The molecule has 1 aliphatic rings. The molecule has 144 valence electrons. The van der Waals surface area contributed by atoms with Crippen LogP contribution < -0.4 is 14.8 Å². The molecule has 0 saturated heterocycles. The summed E-state index contributed by atoms with van der Waals surface area (Å²) in [6.07, 6.45) is 1.94. The molecule has 1 atom stereocenters. The highest BCUT2D eigenvalue weighted by molar-refractivity contribution is 5.49. The first-order chi connectivity index (χ1) is 13.7. The van der Waals surface area contributed by atoms with E-state index in [1.54, 1.807) is 19.2 Å². The van der Waals surface area contributed by atoms with Gasteiger partial charge in [-0.15, -0.1) is 0 Å². The summed E-state index contributed by atoms with van der Waals surface area (Å²) in [4.78, 5) is 0. The minimum atomic E-state index is 0.304. The Bertz CT molecular complexity index is 923. The quantitative estimate of drug-likeness (QED) is 0.693. The SMILES string of the molecule is COc1cc2c(cc1OCc1ccccc1)[C@@H](Cc1ccc(O)cc1)[NH2+]CC2. The van der Waals surface area contributed by atoms with Crippen LogP contribution in [0.5, 0.6) is 17.2 Å². The zero-order valence-electron chi connectivity index (χ0n) is 16.1. The smallest absolute Gasteiger partial charge is 0.162 e. The van der Waals surface area contributed by atoms with Crippen molar-refractivity contribution in [2.45, 2.75) is 25.5 Å². The Morgan fingerprint density at radius 3 is 2.50 bits per heavy atom. The summed E-state index contributed by atoms with van der Waals surface area (Å²) < 4.78 is 11.7. The maximum absolute atomic E-state index is 9.53. The molecule has 1 heterocycles. The molecule has 0 spiro atoms. The van der Waals surface area contributed by atoms with Gasteiger partial charge in [0.25, 0.3) is 0 Å². The number of quaternary nitrogens is 1. The van der Waals surface area contributed by atoms with E-state index in [4.69, 9.17) is 9.47 Å². The predicted octanol–water partition coefficient (Wildman–Crippen LogP) is 3.38. The lowest BCUT2D eigenvalue weighted by Gasteiger charge is -2.26. The van der Waals surface area contributed by atoms with Crippen molar-refractivity contribution in [3.8, 4) is 17.2 Å². The molecule has 0 fully saturated rings. The molecular formula is C24H26NO3+. The highest BCUT2D eigenvalue weighted by Gasteiger charge is 2.26. The second-order valence-electron chi connectivity index (χ2n) is 7.23. The van der Waals surface area contributed by atoms with Gasteiger partial charge in [0.2, 0.25) is 0 Å². The van der Waals surface area contributed by atoms with Crippen molar-refractivity contribution in [2.75, 3.05) is 13.7 Å². The fraction of sp³-hybridized carbons (Fsp3) is 0.250. The largest absolute Gasteiger partial charge is 0.508 e. The third-order valence-electron chi connectivity index (χ3n) is 5.32. The molecule has 0 radical (unpaired) electrons. The van der Waals surface area contributed by atoms with Crippen LogP contribution in [0.25, 0.3) is 0 Å². The van der Waals surface area contributed by atoms with Gasteiger partial charge in [-0.1, -0.05) is 42.5 Å². The van der Waals surface area contributed by atoms with Crippen molar-refractivity contribution < 1.29 is 19.9 Å². The zero-order chi connectivity index (χ0) is 19.3. The molecule has 3 aromatic carbocycles. The average Bonchev–Trinajstić information content (AvgIpc) is 2.74. The van der Waals surface area contributed by atoms with Gasteiger partial charge < -0.3 is 19.9 Å². The van der Waals surface area contributed by atoms with Crippen molar-refractivity contribution in [1.29, 1.82) is 0 Å². The van der Waals surface area contributed by atoms with Gasteiger partial charge in [0.1, 0.15) is 18.4 Å². The van der Waals surface area contributed by atoms with Crippen LogP contribution in [-0.4, -0.2) is 18.8 Å². The van der Waals surface area contributed by atoms with E-state index in [1.165, 1.54) is 16.7 Å². The number of ether oxygens (including phenoxy) is 2. The molecule has 4 nitrogen and oxygen atoms in total. The molecule has 4 heteroatoms. The van der Waals surface area contributed by atoms with E-state index < -0.39 is 0 Å². The van der Waals surface area contributed by atoms with Crippen molar-refractivity contribution in [2.24, 2.45) is 0 Å². The maximum atomic E-state index is 9.53. The summed E-state index contributed by atoms with van der Waals surface area (Å²) in [6, 6.07) is 22.3. The highest BCUT2D eigenvalue weighted by atomic mass is 16.5. The molecule has 0 saturated carbocycles. The van der Waals surface area contributed by atoms with Gasteiger partial charge in [-0.2, -0.15) is 0 Å². The Balaban J connectivity index is 1.59. The summed E-state index contributed by atoms with van der Waals surface area (Å²) in [6.45, 7) is 1.57. The van der Waals surface area contributed by atoms with Crippen LogP contribution in [0.1, 0.15) is 28.3 Å². The normalized spacial score (nSPS) is 15.7. The first-order valence-corrected chi connectivity index (χ1v) is 9.71. The van der Waals surface area contributed by atoms with E-state index in [2.05, 4.69) is 29.6 Å². The number of hydrogen-bond acceptors (Lipinski definition) is 3. The van der Waals surface area contributed by atoms with Crippen LogP contribution in [0.3, 0.4) is 0 Å². The number of hydrogen-bond donors (Lipinski definition) is 2. The Morgan fingerprint density at radius 1 is 0.964 bits per heavy atom. The summed E-state index contributed by atoms with van der Waals surface area (Å²) in [5.74, 6) is 1.88. The Kier molecular flexibility index (Phi) is 5.49. The molecule has 0 aromatic heterocycles. The molecule has 4 rings (SSSR count). The fourth-order valence-corrected chi connectivity index (χ4v) is 3.83. The Morgan fingerprint density at radius 2 is 1.75 bits per heavy atom. The topological polar surface area (TPSA) is 55.3 Å². The summed E-state index contributed by atoms with van der Waals surface area (Å²) >= 11 is 0. The summed E-state index contributed by atoms with van der Waals surface area (Å²) in [7, 11) is 1.69. The van der Waals surface area contributed by atoms with E-state index in [0.29, 0.717) is 18.4 Å². The van der Waals surface area contributed by atoms with Crippen molar-refractivity contribution in [3.63, 3.8) is 0 Å². The van der Waals surface area contributed by atoms with Crippen molar-refractivity contribution >= 4 is 0 Å². The average molecular weight is 376 g/mol. The molecule has 3 aromatic rings. The zero-order valence-corrected chi connectivity index (χ0v) is 16.1. The molecule has 0 aliphatic carbocycles. The number of phenols is 1. The summed E-state index contributed by atoms with van der Waals surface area (Å²) in [5, 5.41) is 11.9. The van der Waals surface area contributed by atoms with Crippen LogP contribution in [0.15, 0.2) is 66.7 Å². The van der Waals surface area contributed by atoms with Gasteiger partial charge in [0.15, 0.2) is 11.5 Å². The van der Waals surface area contributed by atoms with E-state index in [9.17, 15) is 5.11 Å².